The second-order valence-electron chi connectivity index (χ2n) is 7.20. The number of hydrogen-bond donors (Lipinski definition) is 1. The summed E-state index contributed by atoms with van der Waals surface area (Å²) >= 11 is 8.81. The molecule has 0 aliphatic carbocycles. The molecule has 178 valence electrons. The van der Waals surface area contributed by atoms with Crippen molar-refractivity contribution in [2.24, 2.45) is 0 Å². The Morgan fingerprint density at radius 3 is 2.32 bits per heavy atom. The van der Waals surface area contributed by atoms with Crippen LogP contribution in [0.1, 0.15) is 23.7 Å². The lowest BCUT2D eigenvalue weighted by molar-refractivity contribution is -0.141. The third-order valence-electron chi connectivity index (χ3n) is 4.99. The Hall–Kier alpha value is -3.31. The molecule has 3 rings (SSSR count). The highest BCUT2D eigenvalue weighted by Gasteiger charge is 2.45. The number of hydrogen-bond acceptors (Lipinski definition) is 7. The number of methoxy groups -OCH3 is 1. The first-order valence-electron chi connectivity index (χ1n) is 10.3. The minimum Gasteiger partial charge on any atom is -0.468 e. The van der Waals surface area contributed by atoms with E-state index >= 15 is 0 Å². The number of benzene rings is 2. The molecule has 1 aliphatic rings. The maximum atomic E-state index is 13.3. The predicted octanol–water partition coefficient (Wildman–Crippen LogP) is 3.13. The summed E-state index contributed by atoms with van der Waals surface area (Å²) in [7, 11) is 1.23. The first-order valence-corrected chi connectivity index (χ1v) is 11.5. The van der Waals surface area contributed by atoms with E-state index in [1.165, 1.54) is 29.0 Å². The van der Waals surface area contributed by atoms with Crippen molar-refractivity contribution < 1.29 is 28.7 Å². The van der Waals surface area contributed by atoms with Gasteiger partial charge in [0.1, 0.15) is 12.6 Å². The van der Waals surface area contributed by atoms with E-state index in [-0.39, 0.29) is 24.7 Å². The second kappa shape index (κ2) is 11.2. The first-order chi connectivity index (χ1) is 16.2. The maximum Gasteiger partial charge on any atom is 0.338 e. The van der Waals surface area contributed by atoms with Crippen molar-refractivity contribution in [3.8, 4) is 0 Å². The van der Waals surface area contributed by atoms with Gasteiger partial charge in [-0.3, -0.25) is 19.3 Å². The summed E-state index contributed by atoms with van der Waals surface area (Å²) in [5.74, 6) is -1.98. The van der Waals surface area contributed by atoms with E-state index in [2.05, 4.69) is 21.2 Å². The SMILES string of the molecule is CCOC(=O)c1ccc(N2C(=O)[C@H](CC(=O)Nc3ccc(Br)cc3)N(CC(=O)OC)C2=S)cc1. The Morgan fingerprint density at radius 2 is 1.74 bits per heavy atom. The molecular formula is C23H22BrN3O6S. The summed E-state index contributed by atoms with van der Waals surface area (Å²) < 4.78 is 10.6. The van der Waals surface area contributed by atoms with Crippen molar-refractivity contribution in [2.75, 3.05) is 30.5 Å². The normalized spacial score (nSPS) is 15.3. The molecular weight excluding hydrogens is 526 g/mol. The highest BCUT2D eigenvalue weighted by Crippen LogP contribution is 2.28. The van der Waals surface area contributed by atoms with Gasteiger partial charge in [0.25, 0.3) is 5.91 Å². The molecule has 0 radical (unpaired) electrons. The van der Waals surface area contributed by atoms with E-state index in [1.807, 2.05) is 0 Å². The first kappa shape index (κ1) is 25.3. The van der Waals surface area contributed by atoms with Gasteiger partial charge in [-0.1, -0.05) is 15.9 Å². The van der Waals surface area contributed by atoms with Crippen molar-refractivity contribution in [3.05, 3.63) is 58.6 Å². The van der Waals surface area contributed by atoms with Crippen LogP contribution in [0.2, 0.25) is 0 Å². The molecule has 34 heavy (non-hydrogen) atoms. The van der Waals surface area contributed by atoms with Gasteiger partial charge in [-0.2, -0.15) is 0 Å². The Bertz CT molecular complexity index is 1110. The van der Waals surface area contributed by atoms with Crippen molar-refractivity contribution in [1.82, 2.24) is 4.90 Å². The Morgan fingerprint density at radius 1 is 1.09 bits per heavy atom. The molecule has 0 saturated carbocycles. The number of carbonyl (C=O) groups is 4. The average Bonchev–Trinajstić information content (AvgIpc) is 3.04. The summed E-state index contributed by atoms with van der Waals surface area (Å²) in [5, 5.41) is 2.79. The molecule has 1 heterocycles. The number of ether oxygens (including phenoxy) is 2. The minimum absolute atomic E-state index is 0.0562. The Balaban J connectivity index is 1.82. The van der Waals surface area contributed by atoms with Crippen LogP contribution in [0, 0.1) is 0 Å². The van der Waals surface area contributed by atoms with Crippen molar-refractivity contribution >= 4 is 68.4 Å². The molecule has 2 aromatic carbocycles. The monoisotopic (exact) mass is 547 g/mol. The summed E-state index contributed by atoms with van der Waals surface area (Å²) in [6.45, 7) is 1.65. The van der Waals surface area contributed by atoms with Gasteiger partial charge in [-0.25, -0.2) is 4.79 Å². The zero-order chi connectivity index (χ0) is 24.8. The molecule has 1 saturated heterocycles. The van der Waals surface area contributed by atoms with Crippen molar-refractivity contribution in [1.29, 1.82) is 0 Å². The number of nitrogens with one attached hydrogen (secondary N) is 1. The zero-order valence-electron chi connectivity index (χ0n) is 18.4. The van der Waals surface area contributed by atoms with Crippen LogP contribution < -0.4 is 10.2 Å². The van der Waals surface area contributed by atoms with Crippen LogP contribution in [0.25, 0.3) is 0 Å². The lowest BCUT2D eigenvalue weighted by Crippen LogP contribution is -2.41. The summed E-state index contributed by atoms with van der Waals surface area (Å²) in [6, 6.07) is 12.1. The van der Waals surface area contributed by atoms with Gasteiger partial charge in [-0.05, 0) is 67.7 Å². The number of thiocarbonyl (C=S) groups is 1. The van der Waals surface area contributed by atoms with Crippen LogP contribution in [-0.4, -0.2) is 60.1 Å². The van der Waals surface area contributed by atoms with Gasteiger partial charge >= 0.3 is 11.9 Å². The van der Waals surface area contributed by atoms with Crippen molar-refractivity contribution in [3.63, 3.8) is 0 Å². The largest absolute Gasteiger partial charge is 0.468 e. The fourth-order valence-electron chi connectivity index (χ4n) is 3.34. The number of nitrogens with zero attached hydrogens (tertiary/aromatic N) is 2. The van der Waals surface area contributed by atoms with E-state index in [4.69, 9.17) is 21.7 Å². The molecule has 1 aliphatic heterocycles. The van der Waals surface area contributed by atoms with Crippen LogP contribution >= 0.6 is 28.1 Å². The number of anilines is 2. The van der Waals surface area contributed by atoms with Crippen molar-refractivity contribution in [2.45, 2.75) is 19.4 Å². The molecule has 0 spiro atoms. The second-order valence-corrected chi connectivity index (χ2v) is 8.48. The third kappa shape index (κ3) is 5.78. The quantitative estimate of drug-likeness (QED) is 0.397. The van der Waals surface area contributed by atoms with Gasteiger partial charge in [0, 0.05) is 10.2 Å². The highest BCUT2D eigenvalue weighted by atomic mass is 79.9. The molecule has 9 nitrogen and oxygen atoms in total. The topological polar surface area (TPSA) is 105 Å². The van der Waals surface area contributed by atoms with Gasteiger partial charge in [0.15, 0.2) is 5.11 Å². The zero-order valence-corrected chi connectivity index (χ0v) is 20.9. The van der Waals surface area contributed by atoms with Crippen LogP contribution in [0.5, 0.6) is 0 Å². The molecule has 1 fully saturated rings. The van der Waals surface area contributed by atoms with Gasteiger partial charge in [0.05, 0.1) is 31.4 Å². The van der Waals surface area contributed by atoms with Gasteiger partial charge in [-0.15, -0.1) is 0 Å². The number of esters is 2. The molecule has 11 heteroatoms. The number of rotatable bonds is 8. The van der Waals surface area contributed by atoms with E-state index in [1.54, 1.807) is 43.3 Å². The molecule has 0 unspecified atom stereocenters. The van der Waals surface area contributed by atoms with Crippen LogP contribution in [-0.2, 0) is 23.9 Å². The van der Waals surface area contributed by atoms with E-state index in [9.17, 15) is 19.2 Å². The standard InChI is InChI=1S/C23H22BrN3O6S/c1-3-33-22(31)14-4-10-17(11-5-14)27-21(30)18(26(23(27)34)13-20(29)32-2)12-19(28)25-16-8-6-15(24)7-9-16/h4-11,18H,3,12-13H2,1-2H3,(H,25,28)/t18-/m0/s1. The van der Waals surface area contributed by atoms with Crippen LogP contribution in [0.3, 0.4) is 0 Å². The minimum atomic E-state index is -1.01. The lowest BCUT2D eigenvalue weighted by atomic mass is 10.1. The fourth-order valence-corrected chi connectivity index (χ4v) is 3.99. The predicted molar refractivity (Wildman–Crippen MR) is 132 cm³/mol. The van der Waals surface area contributed by atoms with E-state index in [0.29, 0.717) is 16.9 Å². The summed E-state index contributed by atoms with van der Waals surface area (Å²) in [6.07, 6.45) is -0.233. The highest BCUT2D eigenvalue weighted by molar-refractivity contribution is 9.10. The Labute approximate surface area is 210 Å². The van der Waals surface area contributed by atoms with Gasteiger partial charge in [0.2, 0.25) is 5.91 Å². The maximum absolute atomic E-state index is 13.3. The van der Waals surface area contributed by atoms with Gasteiger partial charge < -0.3 is 19.7 Å². The molecule has 2 aromatic rings. The molecule has 0 aromatic heterocycles. The molecule has 0 bridgehead atoms. The van der Waals surface area contributed by atoms with Crippen LogP contribution in [0.4, 0.5) is 11.4 Å². The fraction of sp³-hybridized carbons (Fsp3) is 0.261. The van der Waals surface area contributed by atoms with E-state index < -0.39 is 29.8 Å². The number of carbonyl (C=O) groups excluding carboxylic acids is 4. The third-order valence-corrected chi connectivity index (χ3v) is 5.93. The molecule has 1 N–H and O–H groups in total. The van der Waals surface area contributed by atoms with E-state index in [0.717, 1.165) is 4.47 Å². The number of amides is 2. The van der Waals surface area contributed by atoms with Crippen LogP contribution in [0.15, 0.2) is 53.0 Å². The number of halogens is 1. The summed E-state index contributed by atoms with van der Waals surface area (Å²) in [5.41, 5.74) is 1.28. The molecule has 2 amide bonds. The Kier molecular flexibility index (Phi) is 8.35. The summed E-state index contributed by atoms with van der Waals surface area (Å²) in [4.78, 5) is 52.5. The molecule has 1 atom stereocenters. The average molecular weight is 548 g/mol. The smallest absolute Gasteiger partial charge is 0.338 e. The lowest BCUT2D eigenvalue weighted by Gasteiger charge is -2.22.